The zero-order valence-electron chi connectivity index (χ0n) is 14.9. The van der Waals surface area contributed by atoms with Crippen LogP contribution in [0.15, 0.2) is 4.47 Å². The van der Waals surface area contributed by atoms with Crippen LogP contribution in [0, 0.1) is 5.92 Å². The Morgan fingerprint density at radius 3 is 2.46 bits per heavy atom. The highest BCUT2D eigenvalue weighted by atomic mass is 79.9. The Kier molecular flexibility index (Phi) is 5.98. The first-order valence-electron chi connectivity index (χ1n) is 9.31. The van der Waals surface area contributed by atoms with Crippen molar-refractivity contribution in [2.24, 2.45) is 5.92 Å². The molecule has 1 aliphatic heterocycles. The van der Waals surface area contributed by atoms with Crippen LogP contribution in [0.4, 0.5) is 0 Å². The second-order valence-electron chi connectivity index (χ2n) is 7.55. The normalized spacial score (nSPS) is 20.8. The van der Waals surface area contributed by atoms with Crippen molar-refractivity contribution in [3.05, 3.63) is 15.9 Å². The van der Waals surface area contributed by atoms with E-state index in [1.807, 2.05) is 4.90 Å². The van der Waals surface area contributed by atoms with Gasteiger partial charge in [-0.25, -0.2) is 0 Å². The molecular weight excluding hydrogens is 368 g/mol. The number of carbonyl (C=O) groups excluding carboxylic acids is 1. The molecular formula is C18H29BrN4O. The molecule has 1 amide bonds. The zero-order valence-corrected chi connectivity index (χ0v) is 16.4. The number of aromatic nitrogens is 2. The minimum Gasteiger partial charge on any atom is -0.335 e. The van der Waals surface area contributed by atoms with Gasteiger partial charge in [-0.1, -0.05) is 33.1 Å². The largest absolute Gasteiger partial charge is 0.335 e. The highest BCUT2D eigenvalue weighted by Crippen LogP contribution is 2.27. The van der Waals surface area contributed by atoms with Gasteiger partial charge in [0.05, 0.1) is 10.2 Å². The number of rotatable bonds is 4. The Labute approximate surface area is 153 Å². The summed E-state index contributed by atoms with van der Waals surface area (Å²) >= 11 is 3.55. The van der Waals surface area contributed by atoms with Gasteiger partial charge in [0.25, 0.3) is 5.91 Å². The molecule has 1 aromatic rings. The van der Waals surface area contributed by atoms with Crippen molar-refractivity contribution in [1.29, 1.82) is 0 Å². The third-order valence-corrected chi connectivity index (χ3v) is 6.22. The van der Waals surface area contributed by atoms with Crippen LogP contribution in [0.25, 0.3) is 0 Å². The van der Waals surface area contributed by atoms with Crippen molar-refractivity contribution < 1.29 is 4.79 Å². The summed E-state index contributed by atoms with van der Waals surface area (Å²) in [7, 11) is 0. The molecule has 1 aliphatic carbocycles. The molecule has 0 atom stereocenters. The van der Waals surface area contributed by atoms with E-state index in [-0.39, 0.29) is 5.91 Å². The molecule has 1 aromatic heterocycles. The Hall–Kier alpha value is -0.880. The molecule has 3 rings (SSSR count). The lowest BCUT2D eigenvalue weighted by Gasteiger charge is -2.37. The Balaban J connectivity index is 1.53. The van der Waals surface area contributed by atoms with Gasteiger partial charge in [0.15, 0.2) is 5.69 Å². The standard InChI is InChI=1S/C18H29BrN4O/c1-13(2)16-15(19)17(21-20-16)18(24)23-10-8-22(9-11-23)12-14-6-4-3-5-7-14/h13-14H,3-12H2,1-2H3,(H,20,21). The zero-order chi connectivity index (χ0) is 17.1. The van der Waals surface area contributed by atoms with Crippen molar-refractivity contribution in [3.8, 4) is 0 Å². The molecule has 0 spiro atoms. The molecule has 0 aromatic carbocycles. The van der Waals surface area contributed by atoms with Gasteiger partial charge in [-0.05, 0) is 40.6 Å². The molecule has 5 nitrogen and oxygen atoms in total. The third-order valence-electron chi connectivity index (χ3n) is 5.41. The lowest BCUT2D eigenvalue weighted by molar-refractivity contribution is 0.0599. The van der Waals surface area contributed by atoms with E-state index in [0.29, 0.717) is 11.6 Å². The summed E-state index contributed by atoms with van der Waals surface area (Å²) in [6.45, 7) is 8.99. The minimum absolute atomic E-state index is 0.0438. The van der Waals surface area contributed by atoms with Gasteiger partial charge in [0, 0.05) is 32.7 Å². The molecule has 1 saturated heterocycles. The van der Waals surface area contributed by atoms with Gasteiger partial charge in [0.2, 0.25) is 0 Å². The van der Waals surface area contributed by atoms with E-state index in [1.54, 1.807) is 0 Å². The lowest BCUT2D eigenvalue weighted by Crippen LogP contribution is -2.50. The molecule has 2 heterocycles. The average molecular weight is 397 g/mol. The Bertz CT molecular complexity index is 557. The third kappa shape index (κ3) is 4.02. The number of piperazine rings is 1. The highest BCUT2D eigenvalue weighted by Gasteiger charge is 2.28. The Morgan fingerprint density at radius 1 is 1.21 bits per heavy atom. The molecule has 1 N–H and O–H groups in total. The summed E-state index contributed by atoms with van der Waals surface area (Å²) in [6, 6.07) is 0. The highest BCUT2D eigenvalue weighted by molar-refractivity contribution is 9.10. The average Bonchev–Trinajstić information content (AvgIpc) is 2.97. The van der Waals surface area contributed by atoms with E-state index in [2.05, 4.69) is 44.9 Å². The summed E-state index contributed by atoms with van der Waals surface area (Å²) in [4.78, 5) is 17.2. The summed E-state index contributed by atoms with van der Waals surface area (Å²) in [5, 5.41) is 7.25. The number of carbonyl (C=O) groups is 1. The van der Waals surface area contributed by atoms with E-state index in [0.717, 1.165) is 42.3 Å². The maximum atomic E-state index is 12.7. The minimum atomic E-state index is 0.0438. The van der Waals surface area contributed by atoms with Crippen LogP contribution in [0.1, 0.15) is 68.1 Å². The maximum Gasteiger partial charge on any atom is 0.275 e. The number of hydrogen-bond acceptors (Lipinski definition) is 3. The van der Waals surface area contributed by atoms with E-state index < -0.39 is 0 Å². The van der Waals surface area contributed by atoms with Crippen LogP contribution in [0.5, 0.6) is 0 Å². The van der Waals surface area contributed by atoms with Crippen LogP contribution in [-0.2, 0) is 0 Å². The van der Waals surface area contributed by atoms with E-state index in [4.69, 9.17) is 0 Å². The number of halogens is 1. The molecule has 24 heavy (non-hydrogen) atoms. The predicted molar refractivity (Wildman–Crippen MR) is 99.3 cm³/mol. The fourth-order valence-electron chi connectivity index (χ4n) is 3.88. The van der Waals surface area contributed by atoms with Crippen molar-refractivity contribution in [2.75, 3.05) is 32.7 Å². The van der Waals surface area contributed by atoms with Crippen molar-refractivity contribution in [1.82, 2.24) is 20.0 Å². The number of aromatic amines is 1. The SMILES string of the molecule is CC(C)c1[nH]nc(C(=O)N2CCN(CC3CCCCC3)CC2)c1Br. The number of nitrogens with zero attached hydrogens (tertiary/aromatic N) is 3. The fourth-order valence-corrected chi connectivity index (χ4v) is 4.69. The van der Waals surface area contributed by atoms with Crippen LogP contribution < -0.4 is 0 Å². The quantitative estimate of drug-likeness (QED) is 0.844. The van der Waals surface area contributed by atoms with Gasteiger partial charge in [-0.2, -0.15) is 5.10 Å². The van der Waals surface area contributed by atoms with Crippen molar-refractivity contribution in [3.63, 3.8) is 0 Å². The topological polar surface area (TPSA) is 52.2 Å². The van der Waals surface area contributed by atoms with Gasteiger partial charge < -0.3 is 4.90 Å². The first kappa shape index (κ1) is 17.9. The number of hydrogen-bond donors (Lipinski definition) is 1. The van der Waals surface area contributed by atoms with Crippen molar-refractivity contribution >= 4 is 21.8 Å². The molecule has 2 aliphatic rings. The molecule has 2 fully saturated rings. The van der Waals surface area contributed by atoms with Gasteiger partial charge in [-0.3, -0.25) is 14.8 Å². The van der Waals surface area contributed by atoms with Crippen LogP contribution in [-0.4, -0.2) is 58.6 Å². The van der Waals surface area contributed by atoms with Gasteiger partial charge in [-0.15, -0.1) is 0 Å². The predicted octanol–water partition coefficient (Wildman–Crippen LogP) is 3.63. The van der Waals surface area contributed by atoms with Crippen molar-refractivity contribution in [2.45, 2.75) is 51.9 Å². The maximum absolute atomic E-state index is 12.7. The van der Waals surface area contributed by atoms with Gasteiger partial charge in [0.1, 0.15) is 0 Å². The summed E-state index contributed by atoms with van der Waals surface area (Å²) in [5.41, 5.74) is 1.52. The lowest BCUT2D eigenvalue weighted by atomic mass is 9.89. The first-order valence-corrected chi connectivity index (χ1v) is 10.1. The summed E-state index contributed by atoms with van der Waals surface area (Å²) in [6.07, 6.45) is 6.98. The molecule has 6 heteroatoms. The molecule has 0 bridgehead atoms. The smallest absolute Gasteiger partial charge is 0.275 e. The summed E-state index contributed by atoms with van der Waals surface area (Å²) in [5.74, 6) is 1.23. The van der Waals surface area contributed by atoms with Crippen LogP contribution in [0.3, 0.4) is 0 Å². The number of amides is 1. The van der Waals surface area contributed by atoms with Crippen LogP contribution >= 0.6 is 15.9 Å². The molecule has 134 valence electrons. The number of nitrogens with one attached hydrogen (secondary N) is 1. The van der Waals surface area contributed by atoms with E-state index in [1.165, 1.54) is 38.6 Å². The molecule has 0 radical (unpaired) electrons. The first-order chi connectivity index (χ1) is 11.6. The van der Waals surface area contributed by atoms with Crippen LogP contribution in [0.2, 0.25) is 0 Å². The Morgan fingerprint density at radius 2 is 1.88 bits per heavy atom. The second-order valence-corrected chi connectivity index (χ2v) is 8.34. The monoisotopic (exact) mass is 396 g/mol. The molecule has 1 saturated carbocycles. The number of H-pyrrole nitrogens is 1. The summed E-state index contributed by atoms with van der Waals surface area (Å²) < 4.78 is 0.826. The molecule has 0 unspecified atom stereocenters. The fraction of sp³-hybridized carbons (Fsp3) is 0.778. The van der Waals surface area contributed by atoms with E-state index in [9.17, 15) is 4.79 Å². The van der Waals surface area contributed by atoms with Gasteiger partial charge >= 0.3 is 0 Å². The van der Waals surface area contributed by atoms with E-state index >= 15 is 0 Å². The second kappa shape index (κ2) is 8.00.